The summed E-state index contributed by atoms with van der Waals surface area (Å²) in [5, 5.41) is 6.17. The van der Waals surface area contributed by atoms with Crippen LogP contribution in [0, 0.1) is 0 Å². The van der Waals surface area contributed by atoms with Gasteiger partial charge in [-0.05, 0) is 47.9 Å². The highest BCUT2D eigenvalue weighted by Crippen LogP contribution is 2.32. The molecule has 0 radical (unpaired) electrons. The van der Waals surface area contributed by atoms with E-state index >= 15 is 0 Å². The molecule has 148 valence electrons. The van der Waals surface area contributed by atoms with Crippen LogP contribution in [0.4, 0.5) is 17.1 Å². The number of nitrogens with one attached hydrogen (secondary N) is 2. The Labute approximate surface area is 169 Å². The zero-order valence-electron chi connectivity index (χ0n) is 16.4. The van der Waals surface area contributed by atoms with Crippen molar-refractivity contribution in [2.45, 2.75) is 19.8 Å². The van der Waals surface area contributed by atoms with E-state index in [1.165, 1.54) is 5.56 Å². The Balaban J connectivity index is 1.45. The van der Waals surface area contributed by atoms with Crippen molar-refractivity contribution in [1.82, 2.24) is 4.98 Å². The molecule has 1 aliphatic rings. The first-order chi connectivity index (χ1) is 14.1. The summed E-state index contributed by atoms with van der Waals surface area (Å²) in [6.45, 7) is 5.36. The normalized spacial score (nSPS) is 12.5. The molecule has 29 heavy (non-hydrogen) atoms. The smallest absolute Gasteiger partial charge is 0.274 e. The summed E-state index contributed by atoms with van der Waals surface area (Å²) < 4.78 is 11.1. The lowest BCUT2D eigenvalue weighted by Gasteiger charge is -2.19. The zero-order valence-corrected chi connectivity index (χ0v) is 16.4. The lowest BCUT2D eigenvalue weighted by atomic mass is 10.0. The minimum absolute atomic E-state index is 0.291. The van der Waals surface area contributed by atoms with E-state index < -0.39 is 0 Å². The minimum Gasteiger partial charge on any atom is -0.486 e. The highest BCUT2D eigenvalue weighted by Gasteiger charge is 2.14. The standard InChI is InChI=1S/C23H23N3O3/c1-15(2)16-3-5-17(6-4-16)25-19-9-10-24-20(13-19)23(27)26-18-7-8-21-22(14-18)29-12-11-28-21/h3-10,13-15H,11-12H2,1-2H3,(H,24,25)(H,26,27). The average Bonchev–Trinajstić information content (AvgIpc) is 2.74. The summed E-state index contributed by atoms with van der Waals surface area (Å²) in [6, 6.07) is 17.1. The van der Waals surface area contributed by atoms with Gasteiger partial charge >= 0.3 is 0 Å². The van der Waals surface area contributed by atoms with Crippen LogP contribution < -0.4 is 20.1 Å². The van der Waals surface area contributed by atoms with Gasteiger partial charge in [-0.2, -0.15) is 0 Å². The van der Waals surface area contributed by atoms with Crippen molar-refractivity contribution in [3.8, 4) is 11.5 Å². The Hall–Kier alpha value is -3.54. The Kier molecular flexibility index (Phi) is 5.33. The van der Waals surface area contributed by atoms with Gasteiger partial charge in [0.25, 0.3) is 5.91 Å². The van der Waals surface area contributed by atoms with Crippen molar-refractivity contribution in [2.75, 3.05) is 23.8 Å². The molecule has 0 fully saturated rings. The number of ether oxygens (including phenoxy) is 2. The van der Waals surface area contributed by atoms with Gasteiger partial charge < -0.3 is 20.1 Å². The molecule has 0 saturated heterocycles. The number of benzene rings is 2. The van der Waals surface area contributed by atoms with Crippen LogP contribution in [-0.4, -0.2) is 24.1 Å². The molecule has 2 N–H and O–H groups in total. The molecule has 1 aromatic heterocycles. The second-order valence-corrected chi connectivity index (χ2v) is 7.14. The van der Waals surface area contributed by atoms with E-state index in [0.717, 1.165) is 11.4 Å². The number of carbonyl (C=O) groups is 1. The first kappa shape index (κ1) is 18.8. The molecule has 0 bridgehead atoms. The van der Waals surface area contributed by atoms with Gasteiger partial charge in [-0.3, -0.25) is 9.78 Å². The molecule has 4 rings (SSSR count). The fourth-order valence-corrected chi connectivity index (χ4v) is 3.07. The van der Waals surface area contributed by atoms with Gasteiger partial charge in [0.15, 0.2) is 11.5 Å². The Morgan fingerprint density at radius 1 is 0.897 bits per heavy atom. The van der Waals surface area contributed by atoms with Crippen LogP contribution in [0.25, 0.3) is 0 Å². The Bertz CT molecular complexity index is 1020. The van der Waals surface area contributed by atoms with Gasteiger partial charge in [0.2, 0.25) is 0 Å². The summed E-state index contributed by atoms with van der Waals surface area (Å²) in [5.74, 6) is 1.51. The Morgan fingerprint density at radius 2 is 1.62 bits per heavy atom. The second-order valence-electron chi connectivity index (χ2n) is 7.14. The number of rotatable bonds is 5. The van der Waals surface area contributed by atoms with Crippen molar-refractivity contribution in [3.63, 3.8) is 0 Å². The number of fused-ring (bicyclic) bond motifs is 1. The minimum atomic E-state index is -0.291. The SMILES string of the molecule is CC(C)c1ccc(Nc2ccnc(C(=O)Nc3ccc4c(c3)OCCO4)c2)cc1. The third-order valence-electron chi connectivity index (χ3n) is 4.66. The van der Waals surface area contributed by atoms with Crippen LogP contribution in [0.15, 0.2) is 60.8 Å². The molecular formula is C23H23N3O3. The van der Waals surface area contributed by atoms with Crippen molar-refractivity contribution in [1.29, 1.82) is 0 Å². The molecule has 0 unspecified atom stereocenters. The number of aromatic nitrogens is 1. The lowest BCUT2D eigenvalue weighted by molar-refractivity contribution is 0.102. The van der Waals surface area contributed by atoms with E-state index in [0.29, 0.717) is 42.0 Å². The van der Waals surface area contributed by atoms with E-state index in [4.69, 9.17) is 9.47 Å². The molecule has 0 atom stereocenters. The topological polar surface area (TPSA) is 72.5 Å². The van der Waals surface area contributed by atoms with Crippen molar-refractivity contribution < 1.29 is 14.3 Å². The summed E-state index contributed by atoms with van der Waals surface area (Å²) >= 11 is 0. The monoisotopic (exact) mass is 389 g/mol. The van der Waals surface area contributed by atoms with E-state index in [1.54, 1.807) is 30.5 Å². The molecule has 2 heterocycles. The third-order valence-corrected chi connectivity index (χ3v) is 4.66. The van der Waals surface area contributed by atoms with Crippen LogP contribution >= 0.6 is 0 Å². The van der Waals surface area contributed by atoms with Crippen LogP contribution in [0.5, 0.6) is 11.5 Å². The van der Waals surface area contributed by atoms with Gasteiger partial charge in [0.05, 0.1) is 0 Å². The molecule has 6 nitrogen and oxygen atoms in total. The quantitative estimate of drug-likeness (QED) is 0.644. The second kappa shape index (κ2) is 8.22. The number of carbonyl (C=O) groups excluding carboxylic acids is 1. The molecule has 0 saturated carbocycles. The summed E-state index contributed by atoms with van der Waals surface area (Å²) in [5.41, 5.74) is 3.99. The van der Waals surface area contributed by atoms with Crippen molar-refractivity contribution in [2.24, 2.45) is 0 Å². The number of anilines is 3. The van der Waals surface area contributed by atoms with Crippen LogP contribution in [-0.2, 0) is 0 Å². The number of amides is 1. The predicted molar refractivity (Wildman–Crippen MR) is 113 cm³/mol. The summed E-state index contributed by atoms with van der Waals surface area (Å²) in [4.78, 5) is 16.8. The van der Waals surface area contributed by atoms with Gasteiger partial charge in [-0.15, -0.1) is 0 Å². The summed E-state index contributed by atoms with van der Waals surface area (Å²) in [7, 11) is 0. The number of hydrogen-bond acceptors (Lipinski definition) is 5. The Morgan fingerprint density at radius 3 is 2.38 bits per heavy atom. The first-order valence-corrected chi connectivity index (χ1v) is 9.62. The number of hydrogen-bond donors (Lipinski definition) is 2. The van der Waals surface area contributed by atoms with Gasteiger partial charge in [-0.1, -0.05) is 26.0 Å². The molecule has 3 aromatic rings. The van der Waals surface area contributed by atoms with E-state index in [-0.39, 0.29) is 5.91 Å². The highest BCUT2D eigenvalue weighted by molar-refractivity contribution is 6.03. The van der Waals surface area contributed by atoms with Crippen LogP contribution in [0.3, 0.4) is 0 Å². The lowest BCUT2D eigenvalue weighted by Crippen LogP contribution is -2.17. The van der Waals surface area contributed by atoms with Crippen LogP contribution in [0.1, 0.15) is 35.8 Å². The molecule has 1 aliphatic heterocycles. The maximum absolute atomic E-state index is 12.6. The fourth-order valence-electron chi connectivity index (χ4n) is 3.07. The largest absolute Gasteiger partial charge is 0.486 e. The molecule has 1 amide bonds. The number of nitrogens with zero attached hydrogens (tertiary/aromatic N) is 1. The van der Waals surface area contributed by atoms with Gasteiger partial charge in [0, 0.05) is 29.3 Å². The molecule has 0 spiro atoms. The maximum Gasteiger partial charge on any atom is 0.274 e. The fraction of sp³-hybridized carbons (Fsp3) is 0.217. The van der Waals surface area contributed by atoms with E-state index in [1.807, 2.05) is 18.2 Å². The summed E-state index contributed by atoms with van der Waals surface area (Å²) in [6.07, 6.45) is 1.61. The van der Waals surface area contributed by atoms with Crippen molar-refractivity contribution >= 4 is 23.0 Å². The van der Waals surface area contributed by atoms with Gasteiger partial charge in [-0.25, -0.2) is 0 Å². The van der Waals surface area contributed by atoms with E-state index in [2.05, 4.69) is 41.6 Å². The molecule has 6 heteroatoms. The average molecular weight is 389 g/mol. The van der Waals surface area contributed by atoms with Gasteiger partial charge in [0.1, 0.15) is 18.9 Å². The first-order valence-electron chi connectivity index (χ1n) is 9.62. The maximum atomic E-state index is 12.6. The predicted octanol–water partition coefficient (Wildman–Crippen LogP) is 4.97. The number of pyridine rings is 1. The molecule has 0 aliphatic carbocycles. The van der Waals surface area contributed by atoms with Crippen molar-refractivity contribution in [3.05, 3.63) is 72.1 Å². The zero-order chi connectivity index (χ0) is 20.2. The highest BCUT2D eigenvalue weighted by atomic mass is 16.6. The third kappa shape index (κ3) is 4.48. The molecular weight excluding hydrogens is 366 g/mol. The molecule has 2 aromatic carbocycles. The van der Waals surface area contributed by atoms with E-state index in [9.17, 15) is 4.79 Å². The van der Waals surface area contributed by atoms with Crippen LogP contribution in [0.2, 0.25) is 0 Å².